The van der Waals surface area contributed by atoms with E-state index in [1.54, 1.807) is 24.3 Å². The number of aliphatic hydroxyl groups is 1. The summed E-state index contributed by atoms with van der Waals surface area (Å²) in [6, 6.07) is 12.4. The molecule has 0 aliphatic heterocycles. The fourth-order valence-electron chi connectivity index (χ4n) is 3.80. The number of amides is 4. The normalized spacial score (nSPS) is 9.81. The Balaban J connectivity index is 0.000000759. The first-order valence-corrected chi connectivity index (χ1v) is 15.0. The van der Waals surface area contributed by atoms with Crippen molar-refractivity contribution in [3.8, 4) is 0 Å². The third kappa shape index (κ3) is 21.0. The molecule has 4 amide bonds. The Kier molecular flexibility index (Phi) is 23.7. The number of nitrogens with zero attached hydrogens (tertiary/aromatic N) is 1. The van der Waals surface area contributed by atoms with Gasteiger partial charge in [-0.3, -0.25) is 10.1 Å². The molecule has 11 heteroatoms. The highest BCUT2D eigenvalue weighted by molar-refractivity contribution is 5.89. The van der Waals surface area contributed by atoms with Crippen LogP contribution in [0.2, 0.25) is 0 Å². The molecule has 0 aromatic heterocycles. The molecule has 0 bridgehead atoms. The third-order valence-electron chi connectivity index (χ3n) is 6.14. The second-order valence-corrected chi connectivity index (χ2v) is 9.72. The number of carbonyl (C=O) groups excluding carboxylic acids is 2. The second-order valence-electron chi connectivity index (χ2n) is 9.72. The van der Waals surface area contributed by atoms with Crippen molar-refractivity contribution in [1.29, 1.82) is 0 Å². The van der Waals surface area contributed by atoms with E-state index in [-0.39, 0.29) is 17.7 Å². The van der Waals surface area contributed by atoms with Gasteiger partial charge in [0.15, 0.2) is 0 Å². The zero-order valence-corrected chi connectivity index (χ0v) is 25.6. The number of aliphatic hydroxyl groups excluding tert-OH is 1. The third-order valence-corrected chi connectivity index (χ3v) is 6.14. The van der Waals surface area contributed by atoms with E-state index in [9.17, 15) is 19.7 Å². The Morgan fingerprint density at radius 3 is 1.40 bits per heavy atom. The van der Waals surface area contributed by atoms with Crippen LogP contribution >= 0.6 is 0 Å². The first kappa shape index (κ1) is 38.1. The fourth-order valence-corrected chi connectivity index (χ4v) is 3.80. The van der Waals surface area contributed by atoms with Crippen LogP contribution < -0.4 is 27.0 Å². The van der Waals surface area contributed by atoms with E-state index in [1.807, 2.05) is 0 Å². The highest BCUT2D eigenvalue weighted by Gasteiger charge is 2.06. The van der Waals surface area contributed by atoms with E-state index in [1.165, 1.54) is 82.1 Å². The average Bonchev–Trinajstić information content (AvgIpc) is 2.99. The van der Waals surface area contributed by atoms with Gasteiger partial charge in [-0.25, -0.2) is 9.59 Å². The molecule has 0 spiro atoms. The largest absolute Gasteiger partial charge is 0.400 e. The number of unbranched alkanes of at least 4 members (excludes halogenated alkanes) is 10. The number of nitrogen functional groups attached to an aromatic ring is 1. The van der Waals surface area contributed by atoms with Gasteiger partial charge in [-0.1, -0.05) is 78.1 Å². The summed E-state index contributed by atoms with van der Waals surface area (Å²) in [5.74, 6) is 0. The van der Waals surface area contributed by atoms with E-state index >= 15 is 0 Å². The lowest BCUT2D eigenvalue weighted by Crippen LogP contribution is -2.29. The molecule has 0 saturated carbocycles. The lowest BCUT2D eigenvalue weighted by Gasteiger charge is -2.07. The highest BCUT2D eigenvalue weighted by atomic mass is 16.6. The zero-order valence-electron chi connectivity index (χ0n) is 25.6. The average molecular weight is 589 g/mol. The number of carbonyl (C=O) groups is 2. The van der Waals surface area contributed by atoms with Crippen LogP contribution in [-0.4, -0.2) is 42.3 Å². The van der Waals surface area contributed by atoms with Gasteiger partial charge in [-0.15, -0.1) is 0 Å². The van der Waals surface area contributed by atoms with Gasteiger partial charge in [-0.05, 0) is 49.2 Å². The van der Waals surface area contributed by atoms with Gasteiger partial charge in [-0.2, -0.15) is 0 Å². The van der Waals surface area contributed by atoms with Gasteiger partial charge in [0.2, 0.25) is 0 Å². The predicted molar refractivity (Wildman–Crippen MR) is 173 cm³/mol. The van der Waals surface area contributed by atoms with Crippen LogP contribution in [-0.2, 0) is 0 Å². The Labute approximate surface area is 251 Å². The topological polar surface area (TPSA) is 172 Å². The molecule has 7 N–H and O–H groups in total. The monoisotopic (exact) mass is 588 g/mol. The van der Waals surface area contributed by atoms with Gasteiger partial charge >= 0.3 is 12.1 Å². The number of anilines is 3. The van der Waals surface area contributed by atoms with Crippen molar-refractivity contribution in [2.24, 2.45) is 0 Å². The summed E-state index contributed by atoms with van der Waals surface area (Å²) in [6.45, 7) is 5.77. The van der Waals surface area contributed by atoms with Crippen molar-refractivity contribution in [3.63, 3.8) is 0 Å². The molecule has 0 radical (unpaired) electrons. The van der Waals surface area contributed by atoms with Crippen LogP contribution in [0, 0.1) is 10.1 Å². The highest BCUT2D eigenvalue weighted by Crippen LogP contribution is 2.15. The molecule has 2 aromatic carbocycles. The number of hydrogen-bond acceptors (Lipinski definition) is 6. The molecule has 0 aliphatic carbocycles. The van der Waals surface area contributed by atoms with E-state index in [0.717, 1.165) is 38.6 Å². The van der Waals surface area contributed by atoms with E-state index in [2.05, 4.69) is 35.1 Å². The predicted octanol–water partition coefficient (Wildman–Crippen LogP) is 7.44. The molecule has 0 aliphatic rings. The minimum atomic E-state index is -0.470. The molecule has 2 rings (SSSR count). The minimum Gasteiger partial charge on any atom is -0.400 e. The number of hydrogen-bond donors (Lipinski definition) is 6. The number of nitrogens with one attached hydrogen (secondary N) is 4. The molecule has 0 heterocycles. The van der Waals surface area contributed by atoms with Crippen LogP contribution in [0.15, 0.2) is 48.5 Å². The maximum Gasteiger partial charge on any atom is 0.319 e. The molecule has 11 nitrogen and oxygen atoms in total. The SMILES string of the molecule is CCCCCCCCNC(=O)Nc1ccc(N)cc1.CCCCCCCCNC(=O)Nc1ccc([N+](=O)[O-])cc1.CO. The van der Waals surface area contributed by atoms with Crippen LogP contribution in [0.1, 0.15) is 90.9 Å². The molecule has 0 atom stereocenters. The molecule has 0 fully saturated rings. The quantitative estimate of drug-likeness (QED) is 0.0485. The summed E-state index contributed by atoms with van der Waals surface area (Å²) < 4.78 is 0. The lowest BCUT2D eigenvalue weighted by atomic mass is 10.1. The maximum absolute atomic E-state index is 11.6. The Morgan fingerprint density at radius 2 is 1.02 bits per heavy atom. The number of non-ortho nitro benzene ring substituents is 1. The van der Waals surface area contributed by atoms with Crippen LogP contribution in [0.3, 0.4) is 0 Å². The maximum atomic E-state index is 11.6. The van der Waals surface area contributed by atoms with Crippen LogP contribution in [0.25, 0.3) is 0 Å². The summed E-state index contributed by atoms with van der Waals surface area (Å²) in [6.07, 6.45) is 14.4. The van der Waals surface area contributed by atoms with Crippen molar-refractivity contribution >= 4 is 34.8 Å². The van der Waals surface area contributed by atoms with Crippen molar-refractivity contribution in [3.05, 3.63) is 58.6 Å². The smallest absolute Gasteiger partial charge is 0.319 e. The molecule has 0 unspecified atom stereocenters. The summed E-state index contributed by atoms with van der Waals surface area (Å²) in [5, 5.41) is 28.6. The van der Waals surface area contributed by atoms with E-state index < -0.39 is 4.92 Å². The fraction of sp³-hybridized carbons (Fsp3) is 0.548. The van der Waals surface area contributed by atoms with Crippen molar-refractivity contribution < 1.29 is 19.6 Å². The van der Waals surface area contributed by atoms with E-state index in [4.69, 9.17) is 10.8 Å². The van der Waals surface area contributed by atoms with Crippen molar-refractivity contribution in [1.82, 2.24) is 10.6 Å². The molecular weight excluding hydrogens is 536 g/mol. The Morgan fingerprint density at radius 1 is 0.667 bits per heavy atom. The van der Waals surface area contributed by atoms with Gasteiger partial charge in [0.25, 0.3) is 5.69 Å². The summed E-state index contributed by atoms with van der Waals surface area (Å²) in [5.41, 5.74) is 7.58. The summed E-state index contributed by atoms with van der Waals surface area (Å²) in [7, 11) is 1.00. The first-order valence-electron chi connectivity index (χ1n) is 15.0. The lowest BCUT2D eigenvalue weighted by molar-refractivity contribution is -0.384. The minimum absolute atomic E-state index is 0.00744. The first-order chi connectivity index (χ1) is 20.3. The number of nitro benzene ring substituents is 1. The zero-order chi connectivity index (χ0) is 31.4. The summed E-state index contributed by atoms with van der Waals surface area (Å²) >= 11 is 0. The Bertz CT molecular complexity index is 971. The number of nitrogens with two attached hydrogens (primary N) is 1. The molecule has 236 valence electrons. The number of rotatable bonds is 17. The van der Waals surface area contributed by atoms with Gasteiger partial charge in [0.1, 0.15) is 0 Å². The van der Waals surface area contributed by atoms with Crippen LogP contribution in [0.4, 0.5) is 32.3 Å². The second kappa shape index (κ2) is 26.1. The van der Waals surface area contributed by atoms with Crippen LogP contribution in [0.5, 0.6) is 0 Å². The van der Waals surface area contributed by atoms with Crippen molar-refractivity contribution in [2.75, 3.05) is 36.6 Å². The Hall–Kier alpha value is -3.86. The number of benzene rings is 2. The molecule has 2 aromatic rings. The van der Waals surface area contributed by atoms with Gasteiger partial charge in [0.05, 0.1) is 4.92 Å². The van der Waals surface area contributed by atoms with E-state index in [0.29, 0.717) is 17.9 Å². The van der Waals surface area contributed by atoms with Gasteiger partial charge < -0.3 is 32.1 Å². The molecule has 0 saturated heterocycles. The number of urea groups is 2. The molecule has 42 heavy (non-hydrogen) atoms. The number of nitro groups is 1. The molecular formula is C31H52N6O5. The standard InChI is InChI=1S/C15H23N3O3.C15H25N3O.CH4O/c1-2-3-4-5-6-7-12-16-15(19)17-13-8-10-14(11-9-13)18(20)21;1-2-3-4-5-6-7-12-17-15(19)18-14-10-8-13(16)9-11-14;1-2/h8-11H,2-7,12H2,1H3,(H2,16,17,19);8-11H,2-7,12,16H2,1H3,(H2,17,18,19);2H,1H3. The summed E-state index contributed by atoms with van der Waals surface area (Å²) in [4.78, 5) is 33.2. The van der Waals surface area contributed by atoms with Gasteiger partial charge in [0, 0.05) is 49.4 Å². The van der Waals surface area contributed by atoms with Crippen molar-refractivity contribution in [2.45, 2.75) is 90.9 Å².